The van der Waals surface area contributed by atoms with Gasteiger partial charge in [0.15, 0.2) is 0 Å². The van der Waals surface area contributed by atoms with Crippen molar-refractivity contribution >= 4 is 15.9 Å². The number of H-pyrrole nitrogens is 1. The second-order valence-electron chi connectivity index (χ2n) is 3.67. The van der Waals surface area contributed by atoms with Crippen LogP contribution >= 0.6 is 15.9 Å². The van der Waals surface area contributed by atoms with E-state index in [2.05, 4.69) is 25.9 Å². The molecule has 0 radical (unpaired) electrons. The van der Waals surface area contributed by atoms with E-state index < -0.39 is 0 Å². The molecule has 1 aromatic heterocycles. The number of hydrogen-bond donors (Lipinski definition) is 2. The average molecular weight is 326 g/mol. The smallest absolute Gasteiger partial charge is 0.268 e. The molecule has 0 amide bonds. The third kappa shape index (κ3) is 3.12. The minimum absolute atomic E-state index is 0.181. The molecule has 19 heavy (non-hydrogen) atoms. The summed E-state index contributed by atoms with van der Waals surface area (Å²) < 4.78 is 10.9. The van der Waals surface area contributed by atoms with Crippen LogP contribution in [0.4, 0.5) is 0 Å². The van der Waals surface area contributed by atoms with Gasteiger partial charge in [0.2, 0.25) is 5.88 Å². The van der Waals surface area contributed by atoms with E-state index in [1.807, 2.05) is 6.07 Å². The van der Waals surface area contributed by atoms with Gasteiger partial charge >= 0.3 is 0 Å². The van der Waals surface area contributed by atoms with Crippen LogP contribution in [0.5, 0.6) is 17.4 Å². The van der Waals surface area contributed by atoms with Crippen LogP contribution in [0.15, 0.2) is 33.8 Å². The van der Waals surface area contributed by atoms with Crippen molar-refractivity contribution in [3.05, 3.63) is 44.9 Å². The molecule has 0 saturated heterocycles. The molecule has 7 heteroatoms. The molecular formula is C12H12BrN3O3. The Labute approximate surface area is 117 Å². The van der Waals surface area contributed by atoms with Crippen LogP contribution in [-0.4, -0.2) is 17.1 Å². The van der Waals surface area contributed by atoms with Crippen LogP contribution in [0, 0.1) is 0 Å². The molecule has 6 nitrogen and oxygen atoms in total. The van der Waals surface area contributed by atoms with Gasteiger partial charge in [0.05, 0.1) is 13.4 Å². The minimum atomic E-state index is -0.313. The Kier molecular flexibility index (Phi) is 4.18. The molecule has 0 atom stereocenters. The second kappa shape index (κ2) is 5.85. The number of hydrogen-bond acceptors (Lipinski definition) is 5. The molecule has 2 aromatic rings. The van der Waals surface area contributed by atoms with E-state index in [1.54, 1.807) is 19.2 Å². The first-order chi connectivity index (χ1) is 9.13. The molecule has 0 unspecified atom stereocenters. The number of nitrogens with two attached hydrogens (primary N) is 1. The molecule has 1 heterocycles. The van der Waals surface area contributed by atoms with Crippen LogP contribution in [0.2, 0.25) is 0 Å². The van der Waals surface area contributed by atoms with Crippen LogP contribution in [0.25, 0.3) is 0 Å². The Morgan fingerprint density at radius 3 is 2.79 bits per heavy atom. The number of ether oxygens (including phenoxy) is 2. The first-order valence-electron chi connectivity index (χ1n) is 5.43. The first-order valence-corrected chi connectivity index (χ1v) is 6.22. The lowest BCUT2D eigenvalue weighted by Crippen LogP contribution is -2.08. The molecule has 2 rings (SSSR count). The van der Waals surface area contributed by atoms with Gasteiger partial charge in [-0.1, -0.05) is 0 Å². The molecule has 3 N–H and O–H groups in total. The highest BCUT2D eigenvalue weighted by molar-refractivity contribution is 9.10. The molecule has 0 aliphatic heterocycles. The fourth-order valence-corrected chi connectivity index (χ4v) is 1.77. The minimum Gasteiger partial charge on any atom is -0.497 e. The fraction of sp³-hybridized carbons (Fsp3) is 0.167. The van der Waals surface area contributed by atoms with E-state index in [1.165, 1.54) is 6.33 Å². The van der Waals surface area contributed by atoms with Crippen molar-refractivity contribution in [3.63, 3.8) is 0 Å². The van der Waals surface area contributed by atoms with Crippen molar-refractivity contribution in [2.45, 2.75) is 6.54 Å². The molecule has 1 aromatic carbocycles. The van der Waals surface area contributed by atoms with Gasteiger partial charge in [0.1, 0.15) is 16.0 Å². The normalized spacial score (nSPS) is 10.3. The van der Waals surface area contributed by atoms with Gasteiger partial charge in [-0.3, -0.25) is 4.79 Å². The predicted octanol–water partition coefficient (Wildman–Crippen LogP) is 1.79. The number of benzene rings is 1. The van der Waals surface area contributed by atoms with E-state index >= 15 is 0 Å². The van der Waals surface area contributed by atoms with E-state index in [4.69, 9.17) is 15.2 Å². The van der Waals surface area contributed by atoms with Crippen LogP contribution in [0.1, 0.15) is 5.56 Å². The highest BCUT2D eigenvalue weighted by Crippen LogP contribution is 2.28. The topological polar surface area (TPSA) is 90.2 Å². The number of nitrogens with zero attached hydrogens (tertiary/aromatic N) is 1. The number of nitrogens with one attached hydrogen (secondary N) is 1. The summed E-state index contributed by atoms with van der Waals surface area (Å²) in [7, 11) is 1.56. The third-order valence-corrected chi connectivity index (χ3v) is 3.09. The van der Waals surface area contributed by atoms with Crippen molar-refractivity contribution in [1.29, 1.82) is 0 Å². The van der Waals surface area contributed by atoms with Crippen molar-refractivity contribution in [2.75, 3.05) is 7.11 Å². The molecule has 0 fully saturated rings. The van der Waals surface area contributed by atoms with E-state index in [0.717, 1.165) is 5.56 Å². The maximum atomic E-state index is 11.4. The highest BCUT2D eigenvalue weighted by Gasteiger charge is 2.09. The van der Waals surface area contributed by atoms with Gasteiger partial charge in [-0.2, -0.15) is 0 Å². The molecule has 0 aliphatic rings. The Morgan fingerprint density at radius 1 is 1.37 bits per heavy atom. The molecule has 0 spiro atoms. The van der Waals surface area contributed by atoms with E-state index in [-0.39, 0.29) is 15.9 Å². The number of aromatic amines is 1. The SMILES string of the molecule is COc1cc(CN)cc(Oc2nc[nH]c(=O)c2Br)c1. The van der Waals surface area contributed by atoms with Gasteiger partial charge in [-0.15, -0.1) is 0 Å². The zero-order valence-electron chi connectivity index (χ0n) is 10.1. The van der Waals surface area contributed by atoms with Crippen LogP contribution < -0.4 is 20.8 Å². The summed E-state index contributed by atoms with van der Waals surface area (Å²) in [5, 5.41) is 0. The highest BCUT2D eigenvalue weighted by atomic mass is 79.9. The van der Waals surface area contributed by atoms with Gasteiger partial charge in [-0.25, -0.2) is 4.98 Å². The Balaban J connectivity index is 2.37. The van der Waals surface area contributed by atoms with E-state index in [9.17, 15) is 4.79 Å². The maximum Gasteiger partial charge on any atom is 0.268 e. The Hall–Kier alpha value is -1.86. The number of aromatic nitrogens is 2. The van der Waals surface area contributed by atoms with Gasteiger partial charge in [0, 0.05) is 12.6 Å². The number of halogens is 1. The standard InChI is InChI=1S/C12H12BrN3O3/c1-18-8-2-7(5-14)3-9(4-8)19-12-10(13)11(17)15-6-16-12/h2-4,6H,5,14H2,1H3,(H,15,16,17). The van der Waals surface area contributed by atoms with Gasteiger partial charge in [-0.05, 0) is 33.6 Å². The zero-order chi connectivity index (χ0) is 13.8. The summed E-state index contributed by atoms with van der Waals surface area (Å²) in [6.45, 7) is 0.359. The molecule has 0 aliphatic carbocycles. The zero-order valence-corrected chi connectivity index (χ0v) is 11.7. The molecule has 0 bridgehead atoms. The third-order valence-electron chi connectivity index (χ3n) is 2.39. The van der Waals surface area contributed by atoms with Crippen LogP contribution in [-0.2, 0) is 6.54 Å². The van der Waals surface area contributed by atoms with Crippen molar-refractivity contribution < 1.29 is 9.47 Å². The van der Waals surface area contributed by atoms with Crippen molar-refractivity contribution in [3.8, 4) is 17.4 Å². The first kappa shape index (κ1) is 13.6. The summed E-state index contributed by atoms with van der Waals surface area (Å²) in [5.74, 6) is 1.30. The summed E-state index contributed by atoms with van der Waals surface area (Å²) in [6, 6.07) is 5.26. The van der Waals surface area contributed by atoms with Gasteiger partial charge in [0.25, 0.3) is 5.56 Å². The lowest BCUT2D eigenvalue weighted by Gasteiger charge is -2.09. The Morgan fingerprint density at radius 2 is 2.11 bits per heavy atom. The molecule has 100 valence electrons. The second-order valence-corrected chi connectivity index (χ2v) is 4.47. The average Bonchev–Trinajstić information content (AvgIpc) is 2.43. The summed E-state index contributed by atoms with van der Waals surface area (Å²) in [6.07, 6.45) is 1.27. The van der Waals surface area contributed by atoms with E-state index in [0.29, 0.717) is 18.0 Å². The number of rotatable bonds is 4. The monoisotopic (exact) mass is 325 g/mol. The largest absolute Gasteiger partial charge is 0.497 e. The van der Waals surface area contributed by atoms with Crippen LogP contribution in [0.3, 0.4) is 0 Å². The quantitative estimate of drug-likeness (QED) is 0.894. The number of methoxy groups -OCH3 is 1. The lowest BCUT2D eigenvalue weighted by molar-refractivity contribution is 0.406. The summed E-state index contributed by atoms with van der Waals surface area (Å²) in [4.78, 5) is 17.8. The van der Waals surface area contributed by atoms with Crippen molar-refractivity contribution in [2.24, 2.45) is 5.73 Å². The van der Waals surface area contributed by atoms with Gasteiger partial charge < -0.3 is 20.2 Å². The molecular weight excluding hydrogens is 314 g/mol. The van der Waals surface area contributed by atoms with Crippen molar-refractivity contribution in [1.82, 2.24) is 9.97 Å². The fourth-order valence-electron chi connectivity index (χ4n) is 1.47. The maximum absolute atomic E-state index is 11.4. The summed E-state index contributed by atoms with van der Waals surface area (Å²) in [5.41, 5.74) is 6.14. The lowest BCUT2D eigenvalue weighted by atomic mass is 10.2. The predicted molar refractivity (Wildman–Crippen MR) is 73.5 cm³/mol. The summed E-state index contributed by atoms with van der Waals surface area (Å²) >= 11 is 3.12. The molecule has 0 saturated carbocycles. The Bertz CT molecular complexity index is 620.